The molecule has 1 aromatic rings. The Bertz CT molecular complexity index is 530. The summed E-state index contributed by atoms with van der Waals surface area (Å²) in [6, 6.07) is 4.03. The van der Waals surface area contributed by atoms with Crippen LogP contribution in [0, 0.1) is 11.7 Å². The second-order valence-electron chi connectivity index (χ2n) is 6.11. The van der Waals surface area contributed by atoms with E-state index in [2.05, 4.69) is 4.90 Å². The molecule has 1 saturated heterocycles. The third-order valence-corrected chi connectivity index (χ3v) is 4.45. The van der Waals surface area contributed by atoms with Gasteiger partial charge in [-0.2, -0.15) is 0 Å². The van der Waals surface area contributed by atoms with Crippen molar-refractivity contribution in [2.45, 2.75) is 26.4 Å². The molecule has 1 atom stereocenters. The number of piperazine rings is 1. The van der Waals surface area contributed by atoms with E-state index in [1.54, 1.807) is 6.07 Å². The quantitative estimate of drug-likeness (QED) is 0.921. The Morgan fingerprint density at radius 3 is 2.50 bits per heavy atom. The molecule has 1 aliphatic heterocycles. The summed E-state index contributed by atoms with van der Waals surface area (Å²) in [5.41, 5.74) is 6.83. The van der Waals surface area contributed by atoms with Crippen molar-refractivity contribution in [3.05, 3.63) is 34.6 Å². The third kappa shape index (κ3) is 4.18. The number of rotatable bonds is 4. The molecule has 6 heteroatoms. The van der Waals surface area contributed by atoms with Crippen LogP contribution in [0.15, 0.2) is 18.2 Å². The lowest BCUT2D eigenvalue weighted by molar-refractivity contribution is -0.135. The number of hydrogen-bond acceptors (Lipinski definition) is 3. The number of nitrogens with two attached hydrogens (primary N) is 1. The van der Waals surface area contributed by atoms with Crippen molar-refractivity contribution in [2.24, 2.45) is 11.7 Å². The van der Waals surface area contributed by atoms with Gasteiger partial charge in [-0.15, -0.1) is 0 Å². The van der Waals surface area contributed by atoms with Crippen molar-refractivity contribution < 1.29 is 9.18 Å². The molecule has 1 fully saturated rings. The zero-order chi connectivity index (χ0) is 16.3. The fourth-order valence-electron chi connectivity index (χ4n) is 2.51. The van der Waals surface area contributed by atoms with Gasteiger partial charge in [-0.25, -0.2) is 4.39 Å². The molecule has 0 radical (unpaired) electrons. The second-order valence-corrected chi connectivity index (χ2v) is 6.51. The molecule has 2 rings (SSSR count). The minimum absolute atomic E-state index is 0.0227. The summed E-state index contributed by atoms with van der Waals surface area (Å²) in [7, 11) is 0. The standard InChI is InChI=1S/C16H23ClFN3O/c1-11(2)15(19)16(22)21-7-5-20(6-8-21)10-12-3-4-13(18)9-14(12)17/h3-4,9,11,15H,5-8,10,19H2,1-2H3/t15-/m0/s1. The van der Waals surface area contributed by atoms with E-state index in [-0.39, 0.29) is 17.6 Å². The number of nitrogens with zero attached hydrogens (tertiary/aromatic N) is 2. The molecule has 4 nitrogen and oxygen atoms in total. The topological polar surface area (TPSA) is 49.6 Å². The van der Waals surface area contributed by atoms with Crippen LogP contribution in [0.2, 0.25) is 5.02 Å². The van der Waals surface area contributed by atoms with Gasteiger partial charge in [0.25, 0.3) is 0 Å². The van der Waals surface area contributed by atoms with Gasteiger partial charge in [-0.1, -0.05) is 31.5 Å². The summed E-state index contributed by atoms with van der Waals surface area (Å²) in [4.78, 5) is 16.3. The maximum absolute atomic E-state index is 13.1. The first-order chi connectivity index (χ1) is 10.4. The van der Waals surface area contributed by atoms with E-state index in [1.807, 2.05) is 18.7 Å². The fraction of sp³-hybridized carbons (Fsp3) is 0.562. The number of amides is 1. The van der Waals surface area contributed by atoms with Crippen LogP contribution in [0.25, 0.3) is 0 Å². The van der Waals surface area contributed by atoms with Gasteiger partial charge in [0.1, 0.15) is 5.82 Å². The van der Waals surface area contributed by atoms with E-state index in [0.29, 0.717) is 24.7 Å². The number of halogens is 2. The molecule has 0 unspecified atom stereocenters. The molecule has 22 heavy (non-hydrogen) atoms. The first-order valence-corrected chi connectivity index (χ1v) is 7.97. The van der Waals surface area contributed by atoms with Gasteiger partial charge < -0.3 is 10.6 Å². The van der Waals surface area contributed by atoms with Crippen LogP contribution in [0.3, 0.4) is 0 Å². The van der Waals surface area contributed by atoms with Crippen molar-refractivity contribution >= 4 is 17.5 Å². The van der Waals surface area contributed by atoms with Crippen molar-refractivity contribution in [1.82, 2.24) is 9.80 Å². The van der Waals surface area contributed by atoms with E-state index >= 15 is 0 Å². The molecule has 1 aromatic carbocycles. The summed E-state index contributed by atoms with van der Waals surface area (Å²) < 4.78 is 13.1. The zero-order valence-corrected chi connectivity index (χ0v) is 13.8. The maximum Gasteiger partial charge on any atom is 0.239 e. The zero-order valence-electron chi connectivity index (χ0n) is 13.1. The van der Waals surface area contributed by atoms with Crippen molar-refractivity contribution in [3.8, 4) is 0 Å². The van der Waals surface area contributed by atoms with Gasteiger partial charge in [0, 0.05) is 37.7 Å². The highest BCUT2D eigenvalue weighted by atomic mass is 35.5. The maximum atomic E-state index is 13.1. The fourth-order valence-corrected chi connectivity index (χ4v) is 2.74. The van der Waals surface area contributed by atoms with Crippen LogP contribution in [0.1, 0.15) is 19.4 Å². The lowest BCUT2D eigenvalue weighted by Gasteiger charge is -2.36. The van der Waals surface area contributed by atoms with Gasteiger partial charge in [-0.3, -0.25) is 9.69 Å². The lowest BCUT2D eigenvalue weighted by Crippen LogP contribution is -2.54. The monoisotopic (exact) mass is 327 g/mol. The molecule has 0 spiro atoms. The average molecular weight is 328 g/mol. The van der Waals surface area contributed by atoms with Gasteiger partial charge >= 0.3 is 0 Å². The highest BCUT2D eigenvalue weighted by Crippen LogP contribution is 2.20. The van der Waals surface area contributed by atoms with E-state index < -0.39 is 6.04 Å². The van der Waals surface area contributed by atoms with Crippen molar-refractivity contribution in [1.29, 1.82) is 0 Å². The van der Waals surface area contributed by atoms with Crippen LogP contribution in [-0.4, -0.2) is 47.9 Å². The number of benzene rings is 1. The number of hydrogen-bond donors (Lipinski definition) is 1. The van der Waals surface area contributed by atoms with Crippen LogP contribution in [-0.2, 0) is 11.3 Å². The smallest absolute Gasteiger partial charge is 0.239 e. The minimum atomic E-state index is -0.432. The van der Waals surface area contributed by atoms with Gasteiger partial charge in [0.15, 0.2) is 0 Å². The Labute approximate surface area is 136 Å². The second kappa shape index (κ2) is 7.40. The minimum Gasteiger partial charge on any atom is -0.339 e. The molecule has 1 aliphatic rings. The summed E-state index contributed by atoms with van der Waals surface area (Å²) in [5, 5.41) is 0.445. The summed E-state index contributed by atoms with van der Waals surface area (Å²) >= 11 is 6.06. The van der Waals surface area contributed by atoms with Crippen LogP contribution < -0.4 is 5.73 Å². The Hall–Kier alpha value is -1.17. The van der Waals surface area contributed by atoms with Gasteiger partial charge in [0.2, 0.25) is 5.91 Å². The molecule has 0 aromatic heterocycles. The van der Waals surface area contributed by atoms with E-state index in [1.165, 1.54) is 12.1 Å². The first-order valence-electron chi connectivity index (χ1n) is 7.59. The predicted molar refractivity (Wildman–Crippen MR) is 86.1 cm³/mol. The molecule has 1 heterocycles. The Morgan fingerprint density at radius 1 is 1.32 bits per heavy atom. The van der Waals surface area contributed by atoms with E-state index in [0.717, 1.165) is 18.7 Å². The summed E-state index contributed by atoms with van der Waals surface area (Å²) in [6.07, 6.45) is 0. The molecule has 0 saturated carbocycles. The number of carbonyl (C=O) groups excluding carboxylic acids is 1. The van der Waals surface area contributed by atoms with Crippen molar-refractivity contribution in [2.75, 3.05) is 26.2 Å². The molecule has 2 N–H and O–H groups in total. The average Bonchev–Trinajstić information content (AvgIpc) is 2.49. The van der Waals surface area contributed by atoms with Gasteiger partial charge in [-0.05, 0) is 23.6 Å². The number of carbonyl (C=O) groups is 1. The summed E-state index contributed by atoms with van der Waals surface area (Å²) in [5.74, 6) is -0.162. The molecule has 122 valence electrons. The third-order valence-electron chi connectivity index (χ3n) is 4.10. The molecular weight excluding hydrogens is 305 g/mol. The summed E-state index contributed by atoms with van der Waals surface area (Å²) in [6.45, 7) is 7.44. The SMILES string of the molecule is CC(C)[C@H](N)C(=O)N1CCN(Cc2ccc(F)cc2Cl)CC1. The molecule has 1 amide bonds. The van der Waals surface area contributed by atoms with Crippen LogP contribution >= 0.6 is 11.6 Å². The van der Waals surface area contributed by atoms with E-state index in [9.17, 15) is 9.18 Å². The van der Waals surface area contributed by atoms with Crippen LogP contribution in [0.4, 0.5) is 4.39 Å². The molecular formula is C16H23ClFN3O. The van der Waals surface area contributed by atoms with Gasteiger partial charge in [0.05, 0.1) is 6.04 Å². The predicted octanol–water partition coefficient (Wildman–Crippen LogP) is 2.11. The molecule has 0 bridgehead atoms. The largest absolute Gasteiger partial charge is 0.339 e. The highest BCUT2D eigenvalue weighted by molar-refractivity contribution is 6.31. The highest BCUT2D eigenvalue weighted by Gasteiger charge is 2.26. The van der Waals surface area contributed by atoms with E-state index in [4.69, 9.17) is 17.3 Å². The van der Waals surface area contributed by atoms with Crippen LogP contribution in [0.5, 0.6) is 0 Å². The first kappa shape index (κ1) is 17.2. The lowest BCUT2D eigenvalue weighted by atomic mass is 10.0. The molecule has 0 aliphatic carbocycles. The Kier molecular flexibility index (Phi) is 5.78. The Balaban J connectivity index is 1.88. The Morgan fingerprint density at radius 2 is 1.95 bits per heavy atom. The van der Waals surface area contributed by atoms with Crippen molar-refractivity contribution in [3.63, 3.8) is 0 Å². The normalized spacial score (nSPS) is 17.8.